The molecule has 0 spiro atoms. The Bertz CT molecular complexity index is 674. The highest BCUT2D eigenvalue weighted by molar-refractivity contribution is 5.78. The first-order valence-electron chi connectivity index (χ1n) is 8.12. The lowest BCUT2D eigenvalue weighted by molar-refractivity contribution is -0.130. The zero-order chi connectivity index (χ0) is 14.9. The zero-order valence-electron chi connectivity index (χ0n) is 12.7. The predicted octanol–water partition coefficient (Wildman–Crippen LogP) is 1.32. The molecule has 2 aliphatic rings. The molecule has 4 heterocycles. The number of piperidine rings is 1. The van der Waals surface area contributed by atoms with E-state index in [1.807, 2.05) is 24.4 Å². The molecule has 2 aromatic rings. The molecule has 0 bridgehead atoms. The second-order valence-corrected chi connectivity index (χ2v) is 6.24. The smallest absolute Gasteiger partial charge is 0.222 e. The molecule has 6 heteroatoms. The van der Waals surface area contributed by atoms with Crippen molar-refractivity contribution in [1.29, 1.82) is 0 Å². The molecule has 4 rings (SSSR count). The molecular formula is C16H21N5O. The molecule has 2 fully saturated rings. The third kappa shape index (κ3) is 2.47. The lowest BCUT2D eigenvalue weighted by Gasteiger charge is -2.36. The number of carbonyl (C=O) groups excluding carboxylic acids is 1. The van der Waals surface area contributed by atoms with Crippen LogP contribution in [0.4, 0.5) is 0 Å². The number of nitrogens with zero attached hydrogens (tertiary/aromatic N) is 5. The highest BCUT2D eigenvalue weighted by Gasteiger charge is 2.30. The standard InChI is InChI=1S/C16H21N5O/c22-16-5-3-9-20(16)13-6-10-19(11-7-13)12-15-18-17-14-4-1-2-8-21(14)15/h1-2,4,8,13H,3,5-7,9-12H2. The van der Waals surface area contributed by atoms with Crippen molar-refractivity contribution in [3.05, 3.63) is 30.2 Å². The fraction of sp³-hybridized carbons (Fsp3) is 0.562. The fourth-order valence-corrected chi connectivity index (χ4v) is 3.64. The molecule has 22 heavy (non-hydrogen) atoms. The highest BCUT2D eigenvalue weighted by Crippen LogP contribution is 2.22. The summed E-state index contributed by atoms with van der Waals surface area (Å²) in [6, 6.07) is 6.40. The molecule has 2 saturated heterocycles. The first-order valence-corrected chi connectivity index (χ1v) is 8.12. The van der Waals surface area contributed by atoms with Crippen LogP contribution >= 0.6 is 0 Å². The van der Waals surface area contributed by atoms with E-state index in [1.54, 1.807) is 0 Å². The molecule has 0 aromatic carbocycles. The van der Waals surface area contributed by atoms with Crippen molar-refractivity contribution >= 4 is 11.6 Å². The van der Waals surface area contributed by atoms with E-state index < -0.39 is 0 Å². The predicted molar refractivity (Wildman–Crippen MR) is 82.2 cm³/mol. The maximum absolute atomic E-state index is 11.8. The average molecular weight is 299 g/mol. The summed E-state index contributed by atoms with van der Waals surface area (Å²) < 4.78 is 2.05. The van der Waals surface area contributed by atoms with Crippen LogP contribution in [0.5, 0.6) is 0 Å². The van der Waals surface area contributed by atoms with Crippen LogP contribution in [0.15, 0.2) is 24.4 Å². The SMILES string of the molecule is O=C1CCCN1C1CCN(Cc2nnc3ccccn23)CC1. The number of rotatable bonds is 3. The lowest BCUT2D eigenvalue weighted by Crippen LogP contribution is -2.45. The quantitative estimate of drug-likeness (QED) is 0.857. The minimum Gasteiger partial charge on any atom is -0.340 e. The molecule has 2 aliphatic heterocycles. The third-order valence-electron chi connectivity index (χ3n) is 4.86. The van der Waals surface area contributed by atoms with Crippen molar-refractivity contribution in [2.75, 3.05) is 19.6 Å². The molecule has 0 radical (unpaired) electrons. The summed E-state index contributed by atoms with van der Waals surface area (Å²) in [7, 11) is 0. The molecule has 6 nitrogen and oxygen atoms in total. The van der Waals surface area contributed by atoms with Crippen LogP contribution in [0, 0.1) is 0 Å². The summed E-state index contributed by atoms with van der Waals surface area (Å²) in [5, 5.41) is 8.51. The number of aromatic nitrogens is 3. The minimum atomic E-state index is 0.349. The van der Waals surface area contributed by atoms with Gasteiger partial charge in [-0.3, -0.25) is 14.1 Å². The maximum Gasteiger partial charge on any atom is 0.222 e. The molecular weight excluding hydrogens is 278 g/mol. The normalized spacial score (nSPS) is 21.1. The molecule has 0 saturated carbocycles. The average Bonchev–Trinajstić information content (AvgIpc) is 3.15. The summed E-state index contributed by atoms with van der Waals surface area (Å²) in [6.45, 7) is 3.83. The van der Waals surface area contributed by atoms with Crippen LogP contribution in [0.25, 0.3) is 5.65 Å². The second-order valence-electron chi connectivity index (χ2n) is 6.24. The number of hydrogen-bond donors (Lipinski definition) is 0. The minimum absolute atomic E-state index is 0.349. The molecule has 1 amide bonds. The Morgan fingerprint density at radius 3 is 2.77 bits per heavy atom. The number of amides is 1. The van der Waals surface area contributed by atoms with Gasteiger partial charge < -0.3 is 4.90 Å². The zero-order valence-corrected chi connectivity index (χ0v) is 12.7. The Balaban J connectivity index is 1.39. The summed E-state index contributed by atoms with van der Waals surface area (Å²) in [5.41, 5.74) is 0.898. The second kappa shape index (κ2) is 5.68. The fourth-order valence-electron chi connectivity index (χ4n) is 3.64. The third-order valence-corrected chi connectivity index (χ3v) is 4.86. The van der Waals surface area contributed by atoms with Crippen LogP contribution in [0.1, 0.15) is 31.5 Å². The first kappa shape index (κ1) is 13.7. The number of pyridine rings is 1. The Morgan fingerprint density at radius 2 is 2.00 bits per heavy atom. The van der Waals surface area contributed by atoms with E-state index >= 15 is 0 Å². The van der Waals surface area contributed by atoms with Crippen LogP contribution < -0.4 is 0 Å². The van der Waals surface area contributed by atoms with Gasteiger partial charge in [-0.25, -0.2) is 0 Å². The number of hydrogen-bond acceptors (Lipinski definition) is 4. The Labute approximate surface area is 129 Å². The van der Waals surface area contributed by atoms with Gasteiger partial charge >= 0.3 is 0 Å². The van der Waals surface area contributed by atoms with Crippen molar-refractivity contribution < 1.29 is 4.79 Å². The van der Waals surface area contributed by atoms with Gasteiger partial charge in [0.2, 0.25) is 5.91 Å². The van der Waals surface area contributed by atoms with Crippen LogP contribution in [0.2, 0.25) is 0 Å². The van der Waals surface area contributed by atoms with Crippen molar-refractivity contribution in [3.8, 4) is 0 Å². The van der Waals surface area contributed by atoms with Gasteiger partial charge in [-0.05, 0) is 31.4 Å². The van der Waals surface area contributed by atoms with E-state index in [4.69, 9.17) is 0 Å². The van der Waals surface area contributed by atoms with Crippen molar-refractivity contribution in [2.24, 2.45) is 0 Å². The molecule has 0 N–H and O–H groups in total. The molecule has 116 valence electrons. The van der Waals surface area contributed by atoms with Crippen LogP contribution in [-0.2, 0) is 11.3 Å². The van der Waals surface area contributed by atoms with Crippen LogP contribution in [0.3, 0.4) is 0 Å². The Kier molecular flexibility index (Phi) is 3.54. The van der Waals surface area contributed by atoms with Crippen molar-refractivity contribution in [1.82, 2.24) is 24.4 Å². The lowest BCUT2D eigenvalue weighted by atomic mass is 10.0. The summed E-state index contributed by atoms with van der Waals surface area (Å²) in [5.74, 6) is 1.34. The number of carbonyl (C=O) groups is 1. The van der Waals surface area contributed by atoms with Gasteiger partial charge in [-0.15, -0.1) is 10.2 Å². The van der Waals surface area contributed by atoms with Gasteiger partial charge in [0.25, 0.3) is 0 Å². The largest absolute Gasteiger partial charge is 0.340 e. The summed E-state index contributed by atoms with van der Waals surface area (Å²) >= 11 is 0. The van der Waals surface area contributed by atoms with Gasteiger partial charge in [0, 0.05) is 38.3 Å². The number of fused-ring (bicyclic) bond motifs is 1. The molecule has 0 unspecified atom stereocenters. The van der Waals surface area contributed by atoms with Crippen molar-refractivity contribution in [3.63, 3.8) is 0 Å². The first-order chi connectivity index (χ1) is 10.8. The number of likely N-dealkylation sites (tertiary alicyclic amines) is 2. The van der Waals surface area contributed by atoms with E-state index in [-0.39, 0.29) is 0 Å². The molecule has 0 atom stereocenters. The van der Waals surface area contributed by atoms with Gasteiger partial charge in [-0.1, -0.05) is 6.07 Å². The van der Waals surface area contributed by atoms with Crippen LogP contribution in [-0.4, -0.2) is 56.0 Å². The van der Waals surface area contributed by atoms with E-state index in [0.717, 1.165) is 63.3 Å². The van der Waals surface area contributed by atoms with E-state index in [0.29, 0.717) is 11.9 Å². The van der Waals surface area contributed by atoms with Crippen molar-refractivity contribution in [2.45, 2.75) is 38.3 Å². The van der Waals surface area contributed by atoms with E-state index in [2.05, 4.69) is 24.4 Å². The highest BCUT2D eigenvalue weighted by atomic mass is 16.2. The maximum atomic E-state index is 11.8. The summed E-state index contributed by atoms with van der Waals surface area (Å²) in [6.07, 6.45) is 5.93. The monoisotopic (exact) mass is 299 g/mol. The van der Waals surface area contributed by atoms with Gasteiger partial charge in [0.05, 0.1) is 6.54 Å². The molecule has 0 aliphatic carbocycles. The Morgan fingerprint density at radius 1 is 1.14 bits per heavy atom. The topological polar surface area (TPSA) is 53.7 Å². The van der Waals surface area contributed by atoms with E-state index in [9.17, 15) is 4.79 Å². The van der Waals surface area contributed by atoms with Gasteiger partial charge in [-0.2, -0.15) is 0 Å². The summed E-state index contributed by atoms with van der Waals surface area (Å²) in [4.78, 5) is 16.4. The Hall–Kier alpha value is -1.95. The molecule has 2 aromatic heterocycles. The van der Waals surface area contributed by atoms with Gasteiger partial charge in [0.1, 0.15) is 0 Å². The van der Waals surface area contributed by atoms with Gasteiger partial charge in [0.15, 0.2) is 11.5 Å². The van der Waals surface area contributed by atoms with E-state index in [1.165, 1.54) is 0 Å².